The Labute approximate surface area is 190 Å². The van der Waals surface area contributed by atoms with E-state index in [9.17, 15) is 18.0 Å². The van der Waals surface area contributed by atoms with Crippen molar-refractivity contribution in [3.05, 3.63) is 59.7 Å². The smallest absolute Gasteiger partial charge is 0.251 e. The van der Waals surface area contributed by atoms with Gasteiger partial charge in [-0.2, -0.15) is 4.31 Å². The van der Waals surface area contributed by atoms with Gasteiger partial charge in [-0.1, -0.05) is 31.0 Å². The number of aryl methyl sites for hydroxylation is 1. The Morgan fingerprint density at radius 3 is 2.53 bits per heavy atom. The number of amides is 2. The van der Waals surface area contributed by atoms with E-state index in [1.54, 1.807) is 28.6 Å². The summed E-state index contributed by atoms with van der Waals surface area (Å²) in [4.78, 5) is 24.6. The van der Waals surface area contributed by atoms with Crippen molar-refractivity contribution in [1.29, 1.82) is 0 Å². The number of carbonyl (C=O) groups is 2. The van der Waals surface area contributed by atoms with Gasteiger partial charge in [0.05, 0.1) is 4.90 Å². The van der Waals surface area contributed by atoms with Gasteiger partial charge >= 0.3 is 0 Å². The second-order valence-electron chi connectivity index (χ2n) is 8.12. The van der Waals surface area contributed by atoms with E-state index in [1.165, 1.54) is 12.1 Å². The Kier molecular flexibility index (Phi) is 8.04. The number of hydrogen-bond donors (Lipinski definition) is 2. The van der Waals surface area contributed by atoms with Crippen molar-refractivity contribution < 1.29 is 18.0 Å². The summed E-state index contributed by atoms with van der Waals surface area (Å²) in [6, 6.07) is 13.6. The molecule has 32 heavy (non-hydrogen) atoms. The number of carbonyl (C=O) groups excluding carboxylic acids is 2. The molecule has 0 saturated carbocycles. The summed E-state index contributed by atoms with van der Waals surface area (Å²) in [6.07, 6.45) is 3.74. The monoisotopic (exact) mass is 457 g/mol. The molecule has 0 bridgehead atoms. The first kappa shape index (κ1) is 23.9. The molecule has 1 aliphatic rings. The standard InChI is InChI=1S/C24H31N3O4S/c1-3-21-9-4-5-16-27(21)32(30,31)22-12-10-20(11-13-22)26-23(28)14-15-25-24(29)19-8-6-7-18(2)17-19/h6-8,10-13,17,21H,3-5,9,14-16H2,1-2H3,(H,25,29)(H,26,28). The van der Waals surface area contributed by atoms with Gasteiger partial charge in [0, 0.05) is 36.8 Å². The van der Waals surface area contributed by atoms with Crippen LogP contribution in [0.2, 0.25) is 0 Å². The highest BCUT2D eigenvalue weighted by atomic mass is 32.2. The van der Waals surface area contributed by atoms with Crippen LogP contribution in [0, 0.1) is 6.92 Å². The Hall–Kier alpha value is -2.71. The van der Waals surface area contributed by atoms with Crippen molar-refractivity contribution in [2.45, 2.75) is 56.9 Å². The molecule has 2 N–H and O–H groups in total. The van der Waals surface area contributed by atoms with Crippen LogP contribution >= 0.6 is 0 Å². The Balaban J connectivity index is 1.52. The normalized spacial score (nSPS) is 17.0. The average molecular weight is 458 g/mol. The van der Waals surface area contributed by atoms with Gasteiger partial charge in [0.15, 0.2) is 0 Å². The van der Waals surface area contributed by atoms with Crippen LogP contribution in [-0.2, 0) is 14.8 Å². The highest BCUT2D eigenvalue weighted by Gasteiger charge is 2.32. The number of nitrogens with one attached hydrogen (secondary N) is 2. The van der Waals surface area contributed by atoms with Crippen molar-refractivity contribution in [1.82, 2.24) is 9.62 Å². The van der Waals surface area contributed by atoms with E-state index in [4.69, 9.17) is 0 Å². The number of anilines is 1. The molecule has 3 rings (SSSR count). The zero-order valence-electron chi connectivity index (χ0n) is 18.6. The molecule has 1 heterocycles. The molecular formula is C24H31N3O4S. The zero-order chi connectivity index (χ0) is 23.1. The first-order valence-corrected chi connectivity index (χ1v) is 12.5. The summed E-state index contributed by atoms with van der Waals surface area (Å²) in [5.41, 5.74) is 2.07. The fourth-order valence-corrected chi connectivity index (χ4v) is 5.71. The molecule has 1 fully saturated rings. The number of rotatable bonds is 8. The van der Waals surface area contributed by atoms with Gasteiger partial charge in [-0.3, -0.25) is 9.59 Å². The van der Waals surface area contributed by atoms with E-state index in [-0.39, 0.29) is 35.7 Å². The number of hydrogen-bond acceptors (Lipinski definition) is 4. The van der Waals surface area contributed by atoms with Crippen molar-refractivity contribution in [2.75, 3.05) is 18.4 Å². The molecule has 8 heteroatoms. The van der Waals surface area contributed by atoms with Crippen molar-refractivity contribution in [3.8, 4) is 0 Å². The third-order valence-corrected chi connectivity index (χ3v) is 7.67. The number of piperidine rings is 1. The predicted molar refractivity (Wildman–Crippen MR) is 125 cm³/mol. The molecule has 0 aliphatic carbocycles. The van der Waals surface area contributed by atoms with Gasteiger partial charge in [-0.05, 0) is 62.6 Å². The van der Waals surface area contributed by atoms with E-state index in [0.29, 0.717) is 17.8 Å². The Morgan fingerprint density at radius 1 is 1.09 bits per heavy atom. The molecule has 0 aromatic heterocycles. The second-order valence-corrected chi connectivity index (χ2v) is 10.0. The topological polar surface area (TPSA) is 95.6 Å². The highest BCUT2D eigenvalue weighted by Crippen LogP contribution is 2.27. The van der Waals surface area contributed by atoms with Crippen LogP contribution in [0.25, 0.3) is 0 Å². The maximum absolute atomic E-state index is 13.0. The van der Waals surface area contributed by atoms with Crippen LogP contribution in [0.3, 0.4) is 0 Å². The summed E-state index contributed by atoms with van der Waals surface area (Å²) < 4.78 is 27.7. The van der Waals surface area contributed by atoms with Crippen molar-refractivity contribution >= 4 is 27.5 Å². The summed E-state index contributed by atoms with van der Waals surface area (Å²) in [6.45, 7) is 4.68. The maximum atomic E-state index is 13.0. The first-order chi connectivity index (χ1) is 15.3. The number of benzene rings is 2. The average Bonchev–Trinajstić information content (AvgIpc) is 2.79. The Bertz CT molecular complexity index is 1050. The molecule has 172 valence electrons. The van der Waals surface area contributed by atoms with E-state index >= 15 is 0 Å². The zero-order valence-corrected chi connectivity index (χ0v) is 19.5. The minimum absolute atomic E-state index is 0.0446. The lowest BCUT2D eigenvalue weighted by molar-refractivity contribution is -0.116. The third kappa shape index (κ3) is 5.95. The minimum Gasteiger partial charge on any atom is -0.352 e. The lowest BCUT2D eigenvalue weighted by atomic mass is 10.0. The van der Waals surface area contributed by atoms with Gasteiger partial charge in [0.25, 0.3) is 5.91 Å². The van der Waals surface area contributed by atoms with Crippen LogP contribution in [0.1, 0.15) is 54.9 Å². The molecule has 7 nitrogen and oxygen atoms in total. The molecule has 0 radical (unpaired) electrons. The molecule has 2 amide bonds. The fourth-order valence-electron chi connectivity index (χ4n) is 3.95. The first-order valence-electron chi connectivity index (χ1n) is 11.1. The number of sulfonamides is 1. The van der Waals surface area contributed by atoms with Crippen LogP contribution in [0.15, 0.2) is 53.4 Å². The highest BCUT2D eigenvalue weighted by molar-refractivity contribution is 7.89. The van der Waals surface area contributed by atoms with Crippen LogP contribution in [0.4, 0.5) is 5.69 Å². The van der Waals surface area contributed by atoms with Gasteiger partial charge in [-0.25, -0.2) is 8.42 Å². The van der Waals surface area contributed by atoms with Gasteiger partial charge in [0.2, 0.25) is 15.9 Å². The van der Waals surface area contributed by atoms with Gasteiger partial charge < -0.3 is 10.6 Å². The lowest BCUT2D eigenvalue weighted by Crippen LogP contribution is -2.43. The van der Waals surface area contributed by atoms with E-state index in [1.807, 2.05) is 26.0 Å². The van der Waals surface area contributed by atoms with Gasteiger partial charge in [0.1, 0.15) is 0 Å². The molecule has 2 aromatic rings. The van der Waals surface area contributed by atoms with Crippen molar-refractivity contribution in [2.24, 2.45) is 0 Å². The minimum atomic E-state index is -3.55. The van der Waals surface area contributed by atoms with E-state index in [2.05, 4.69) is 10.6 Å². The molecule has 1 aliphatic heterocycles. The molecule has 1 atom stereocenters. The third-order valence-electron chi connectivity index (χ3n) is 5.71. The Morgan fingerprint density at radius 2 is 1.84 bits per heavy atom. The summed E-state index contributed by atoms with van der Waals surface area (Å²) in [7, 11) is -3.55. The predicted octanol–water partition coefficient (Wildman–Crippen LogP) is 3.71. The number of nitrogens with zero attached hydrogens (tertiary/aromatic N) is 1. The van der Waals surface area contributed by atoms with Gasteiger partial charge in [-0.15, -0.1) is 0 Å². The maximum Gasteiger partial charge on any atom is 0.251 e. The van der Waals surface area contributed by atoms with E-state index in [0.717, 1.165) is 31.2 Å². The fraction of sp³-hybridized carbons (Fsp3) is 0.417. The molecule has 1 saturated heterocycles. The largest absolute Gasteiger partial charge is 0.352 e. The lowest BCUT2D eigenvalue weighted by Gasteiger charge is -2.34. The quantitative estimate of drug-likeness (QED) is 0.632. The van der Waals surface area contributed by atoms with Crippen LogP contribution in [-0.4, -0.2) is 43.7 Å². The van der Waals surface area contributed by atoms with Crippen molar-refractivity contribution in [3.63, 3.8) is 0 Å². The second kappa shape index (κ2) is 10.7. The SMILES string of the molecule is CCC1CCCCN1S(=O)(=O)c1ccc(NC(=O)CCNC(=O)c2cccc(C)c2)cc1. The molecular weight excluding hydrogens is 426 g/mol. The van der Waals surface area contributed by atoms with Crippen LogP contribution in [0.5, 0.6) is 0 Å². The van der Waals surface area contributed by atoms with E-state index < -0.39 is 10.0 Å². The summed E-state index contributed by atoms with van der Waals surface area (Å²) >= 11 is 0. The molecule has 1 unspecified atom stereocenters. The molecule has 2 aromatic carbocycles. The summed E-state index contributed by atoms with van der Waals surface area (Å²) in [5.74, 6) is -0.480. The molecule has 0 spiro atoms. The van der Waals surface area contributed by atoms with Crippen LogP contribution < -0.4 is 10.6 Å². The summed E-state index contributed by atoms with van der Waals surface area (Å²) in [5, 5.41) is 5.48.